The van der Waals surface area contributed by atoms with Gasteiger partial charge in [-0.1, -0.05) is 11.8 Å². The van der Waals surface area contributed by atoms with E-state index in [0.29, 0.717) is 19.0 Å². The maximum Gasteiger partial charge on any atom is 0.324 e. The fourth-order valence-electron chi connectivity index (χ4n) is 2.21. The lowest BCUT2D eigenvalue weighted by Gasteiger charge is -2.15. The van der Waals surface area contributed by atoms with Crippen LogP contribution in [-0.2, 0) is 4.79 Å². The molecule has 1 atom stereocenters. The zero-order valence-corrected chi connectivity index (χ0v) is 14.0. The molecule has 0 saturated carbocycles. The Hall–Kier alpha value is -2.55. The Morgan fingerprint density at radius 2 is 2.12 bits per heavy atom. The molecule has 2 aromatic rings. The highest BCUT2D eigenvalue weighted by Gasteiger charge is 2.31. The third-order valence-corrected chi connectivity index (χ3v) is 4.41. The number of aromatic nitrogens is 2. The fraction of sp³-hybridized carbons (Fsp3) is 0.333. The molecule has 1 aliphatic heterocycles. The van der Waals surface area contributed by atoms with E-state index in [4.69, 9.17) is 9.15 Å². The van der Waals surface area contributed by atoms with Crippen molar-refractivity contribution in [2.24, 2.45) is 0 Å². The van der Waals surface area contributed by atoms with Gasteiger partial charge in [0, 0.05) is 18.7 Å². The van der Waals surface area contributed by atoms with E-state index in [9.17, 15) is 9.59 Å². The van der Waals surface area contributed by atoms with E-state index in [1.807, 2.05) is 12.1 Å². The summed E-state index contributed by atoms with van der Waals surface area (Å²) >= 11 is 1.13. The van der Waals surface area contributed by atoms with Crippen molar-refractivity contribution in [1.29, 1.82) is 0 Å². The zero-order chi connectivity index (χ0) is 17.1. The third-order valence-electron chi connectivity index (χ3n) is 3.49. The monoisotopic (exact) mass is 348 g/mol. The minimum absolute atomic E-state index is 0.279. The average molecular weight is 348 g/mol. The van der Waals surface area contributed by atoms with Crippen molar-refractivity contribution >= 4 is 23.7 Å². The van der Waals surface area contributed by atoms with Gasteiger partial charge in [0.25, 0.3) is 5.22 Å². The van der Waals surface area contributed by atoms with Crippen LogP contribution >= 0.6 is 11.8 Å². The minimum atomic E-state index is -0.502. The maximum absolute atomic E-state index is 12.2. The molecule has 0 unspecified atom stereocenters. The van der Waals surface area contributed by atoms with Gasteiger partial charge in [0.2, 0.25) is 11.8 Å². The summed E-state index contributed by atoms with van der Waals surface area (Å²) in [7, 11) is 1.59. The standard InChI is InChI=1S/C15H16N4O4S/c1-9(13(20)19-8-7-16-14(19)21)24-15-18-17-12(23-15)10-3-5-11(22-2)6-4-10/h3-6,9H,7-8H2,1-2H3,(H,16,21)/t9-/m0/s1. The van der Waals surface area contributed by atoms with E-state index in [1.165, 1.54) is 4.90 Å². The molecule has 24 heavy (non-hydrogen) atoms. The molecule has 1 saturated heterocycles. The van der Waals surface area contributed by atoms with Crippen LogP contribution in [-0.4, -0.2) is 52.5 Å². The number of hydrogen-bond acceptors (Lipinski definition) is 7. The van der Waals surface area contributed by atoms with Crippen LogP contribution < -0.4 is 10.1 Å². The van der Waals surface area contributed by atoms with E-state index in [1.54, 1.807) is 26.2 Å². The van der Waals surface area contributed by atoms with E-state index in [2.05, 4.69) is 15.5 Å². The molecule has 126 valence electrons. The lowest BCUT2D eigenvalue weighted by molar-refractivity contribution is -0.126. The van der Waals surface area contributed by atoms with Crippen LogP contribution in [0.1, 0.15) is 6.92 Å². The highest BCUT2D eigenvalue weighted by molar-refractivity contribution is 8.00. The topological polar surface area (TPSA) is 97.6 Å². The molecular formula is C15H16N4O4S. The Morgan fingerprint density at radius 3 is 2.75 bits per heavy atom. The molecule has 3 amide bonds. The molecule has 1 N–H and O–H groups in total. The summed E-state index contributed by atoms with van der Waals surface area (Å²) in [4.78, 5) is 25.0. The molecule has 0 aliphatic carbocycles. The molecule has 2 heterocycles. The average Bonchev–Trinajstić information content (AvgIpc) is 3.23. The molecule has 1 aromatic heterocycles. The van der Waals surface area contributed by atoms with Crippen molar-refractivity contribution in [2.75, 3.05) is 20.2 Å². The van der Waals surface area contributed by atoms with Gasteiger partial charge in [-0.15, -0.1) is 10.2 Å². The van der Waals surface area contributed by atoms with E-state index < -0.39 is 5.25 Å². The Morgan fingerprint density at radius 1 is 1.38 bits per heavy atom. The normalized spacial score (nSPS) is 15.2. The van der Waals surface area contributed by atoms with E-state index in [-0.39, 0.29) is 17.2 Å². The summed E-state index contributed by atoms with van der Waals surface area (Å²) in [5.74, 6) is 0.814. The number of carbonyl (C=O) groups is 2. The van der Waals surface area contributed by atoms with Crippen LogP contribution in [0.4, 0.5) is 4.79 Å². The summed E-state index contributed by atoms with van der Waals surface area (Å²) in [5, 5.41) is 10.3. The predicted octanol–water partition coefficient (Wildman–Crippen LogP) is 1.78. The highest BCUT2D eigenvalue weighted by atomic mass is 32.2. The minimum Gasteiger partial charge on any atom is -0.497 e. The number of methoxy groups -OCH3 is 1. The first kappa shape index (κ1) is 16.3. The van der Waals surface area contributed by atoms with Crippen molar-refractivity contribution in [1.82, 2.24) is 20.4 Å². The van der Waals surface area contributed by atoms with Gasteiger partial charge >= 0.3 is 6.03 Å². The fourth-order valence-corrected chi connectivity index (χ4v) is 2.96. The number of amides is 3. The Labute approximate surface area is 142 Å². The molecular weight excluding hydrogens is 332 g/mol. The number of rotatable bonds is 5. The van der Waals surface area contributed by atoms with Crippen LogP contribution in [0.15, 0.2) is 33.9 Å². The molecule has 1 aliphatic rings. The van der Waals surface area contributed by atoms with Crippen molar-refractivity contribution in [3.63, 3.8) is 0 Å². The highest BCUT2D eigenvalue weighted by Crippen LogP contribution is 2.28. The van der Waals surface area contributed by atoms with Crippen LogP contribution in [0, 0.1) is 0 Å². The molecule has 1 fully saturated rings. The second-order valence-corrected chi connectivity index (χ2v) is 6.38. The van der Waals surface area contributed by atoms with Crippen LogP contribution in [0.5, 0.6) is 5.75 Å². The van der Waals surface area contributed by atoms with Crippen molar-refractivity contribution < 1.29 is 18.7 Å². The quantitative estimate of drug-likeness (QED) is 0.822. The third kappa shape index (κ3) is 3.35. The van der Waals surface area contributed by atoms with Crippen molar-refractivity contribution in [2.45, 2.75) is 17.4 Å². The lowest BCUT2D eigenvalue weighted by Crippen LogP contribution is -2.38. The number of benzene rings is 1. The van der Waals surface area contributed by atoms with Gasteiger partial charge in [-0.25, -0.2) is 4.79 Å². The van der Waals surface area contributed by atoms with E-state index in [0.717, 1.165) is 23.1 Å². The number of nitrogens with one attached hydrogen (secondary N) is 1. The second kappa shape index (κ2) is 6.91. The van der Waals surface area contributed by atoms with Crippen LogP contribution in [0.2, 0.25) is 0 Å². The summed E-state index contributed by atoms with van der Waals surface area (Å²) in [6.07, 6.45) is 0. The Kier molecular flexibility index (Phi) is 4.70. The number of ether oxygens (including phenoxy) is 1. The SMILES string of the molecule is COc1ccc(-c2nnc(S[C@@H](C)C(=O)N3CCNC3=O)o2)cc1. The zero-order valence-electron chi connectivity index (χ0n) is 13.2. The first-order valence-electron chi connectivity index (χ1n) is 7.32. The number of hydrogen-bond donors (Lipinski definition) is 1. The number of imide groups is 1. The van der Waals surface area contributed by atoms with Crippen molar-refractivity contribution in [3.05, 3.63) is 24.3 Å². The summed E-state index contributed by atoms with van der Waals surface area (Å²) in [6.45, 7) is 2.56. The van der Waals surface area contributed by atoms with Crippen LogP contribution in [0.3, 0.4) is 0 Å². The van der Waals surface area contributed by atoms with Gasteiger partial charge in [-0.3, -0.25) is 9.69 Å². The molecule has 8 nitrogen and oxygen atoms in total. The first-order chi connectivity index (χ1) is 11.6. The van der Waals surface area contributed by atoms with Gasteiger partial charge < -0.3 is 14.5 Å². The predicted molar refractivity (Wildman–Crippen MR) is 86.7 cm³/mol. The maximum atomic E-state index is 12.2. The van der Waals surface area contributed by atoms with Crippen molar-refractivity contribution in [3.8, 4) is 17.2 Å². The number of urea groups is 1. The van der Waals surface area contributed by atoms with Gasteiger partial charge in [0.05, 0.1) is 12.4 Å². The Bertz CT molecular complexity index is 746. The summed E-state index contributed by atoms with van der Waals surface area (Å²) in [5.41, 5.74) is 0.757. The Balaban J connectivity index is 1.66. The molecule has 0 spiro atoms. The van der Waals surface area contributed by atoms with Gasteiger partial charge in [0.1, 0.15) is 5.75 Å². The lowest BCUT2D eigenvalue weighted by atomic mass is 10.2. The number of carbonyl (C=O) groups excluding carboxylic acids is 2. The van der Waals surface area contributed by atoms with Gasteiger partial charge in [0.15, 0.2) is 0 Å². The summed E-state index contributed by atoms with van der Waals surface area (Å²) in [6, 6.07) is 6.85. The van der Waals surface area contributed by atoms with Gasteiger partial charge in [-0.05, 0) is 31.2 Å². The first-order valence-corrected chi connectivity index (χ1v) is 8.20. The molecule has 0 radical (unpaired) electrons. The molecule has 1 aromatic carbocycles. The van der Waals surface area contributed by atoms with Gasteiger partial charge in [-0.2, -0.15) is 0 Å². The number of thioether (sulfide) groups is 1. The van der Waals surface area contributed by atoms with E-state index >= 15 is 0 Å². The smallest absolute Gasteiger partial charge is 0.324 e. The number of nitrogens with zero attached hydrogens (tertiary/aromatic N) is 3. The largest absolute Gasteiger partial charge is 0.497 e. The van der Waals surface area contributed by atoms with Crippen LogP contribution in [0.25, 0.3) is 11.5 Å². The second-order valence-electron chi connectivity index (χ2n) is 5.08. The summed E-state index contributed by atoms with van der Waals surface area (Å²) < 4.78 is 10.7. The molecule has 3 rings (SSSR count). The molecule has 0 bridgehead atoms. The molecule has 9 heteroatoms.